The van der Waals surface area contributed by atoms with Crippen LogP contribution in [-0.2, 0) is 16.0 Å². The van der Waals surface area contributed by atoms with Crippen LogP contribution in [-0.4, -0.2) is 25.2 Å². The van der Waals surface area contributed by atoms with Gasteiger partial charge in [-0.25, -0.2) is 0 Å². The van der Waals surface area contributed by atoms with Gasteiger partial charge in [-0.3, -0.25) is 4.79 Å². The minimum absolute atomic E-state index is 0. The van der Waals surface area contributed by atoms with Crippen molar-refractivity contribution in [3.8, 4) is 0 Å². The first-order valence-electron chi connectivity index (χ1n) is 7.09. The fraction of sp³-hybridized carbons (Fsp3) is 0.533. The fourth-order valence-corrected chi connectivity index (χ4v) is 2.77. The summed E-state index contributed by atoms with van der Waals surface area (Å²) >= 11 is 0. The van der Waals surface area contributed by atoms with Crippen molar-refractivity contribution in [2.24, 2.45) is 0 Å². The van der Waals surface area contributed by atoms with Crippen molar-refractivity contribution in [1.82, 2.24) is 0 Å². The molecule has 0 aliphatic carbocycles. The number of halogens is 1. The van der Waals surface area contributed by atoms with Crippen LogP contribution in [0, 0.1) is 0 Å². The lowest BCUT2D eigenvalue weighted by Crippen LogP contribution is -2.25. The number of carbonyl (C=O) groups excluding carboxylic acids is 1. The number of carbonyl (C=O) groups is 1. The van der Waals surface area contributed by atoms with E-state index < -0.39 is 0 Å². The van der Waals surface area contributed by atoms with Crippen LogP contribution in [0.4, 0.5) is 11.4 Å². The topological polar surface area (TPSA) is 50.4 Å². The highest BCUT2D eigenvalue weighted by atomic mass is 35.5. The monoisotopic (exact) mass is 296 g/mol. The Balaban J connectivity index is 0.00000147. The number of benzene rings is 1. The van der Waals surface area contributed by atoms with Gasteiger partial charge in [0, 0.05) is 24.5 Å². The molecule has 0 aromatic heterocycles. The molecule has 3 rings (SSSR count). The van der Waals surface area contributed by atoms with Gasteiger partial charge in [-0.2, -0.15) is 0 Å². The summed E-state index contributed by atoms with van der Waals surface area (Å²) in [4.78, 5) is 12.0. The first-order chi connectivity index (χ1) is 9.31. The molecule has 2 aliphatic heterocycles. The van der Waals surface area contributed by atoms with Crippen LogP contribution in [0.5, 0.6) is 0 Å². The second kappa shape index (κ2) is 6.95. The van der Waals surface area contributed by atoms with Gasteiger partial charge in [0.05, 0.1) is 12.5 Å². The first kappa shape index (κ1) is 15.1. The molecule has 110 valence electrons. The molecular formula is C15H21ClN2O2. The van der Waals surface area contributed by atoms with Crippen LogP contribution in [0.25, 0.3) is 0 Å². The van der Waals surface area contributed by atoms with Crippen molar-refractivity contribution < 1.29 is 9.53 Å². The second-order valence-electron chi connectivity index (χ2n) is 5.29. The summed E-state index contributed by atoms with van der Waals surface area (Å²) < 4.78 is 5.59. The Morgan fingerprint density at radius 1 is 1.40 bits per heavy atom. The van der Waals surface area contributed by atoms with E-state index >= 15 is 0 Å². The summed E-state index contributed by atoms with van der Waals surface area (Å²) in [5.74, 6) is 0.0535. The van der Waals surface area contributed by atoms with Crippen LogP contribution < -0.4 is 10.6 Å². The Morgan fingerprint density at radius 3 is 3.10 bits per heavy atom. The summed E-state index contributed by atoms with van der Waals surface area (Å²) in [5, 5.41) is 6.29. The molecule has 2 N–H and O–H groups in total. The number of amides is 1. The van der Waals surface area contributed by atoms with E-state index in [0.29, 0.717) is 6.42 Å². The van der Waals surface area contributed by atoms with Gasteiger partial charge in [0.25, 0.3) is 0 Å². The van der Waals surface area contributed by atoms with Gasteiger partial charge in [-0.05, 0) is 49.4 Å². The van der Waals surface area contributed by atoms with Crippen LogP contribution >= 0.6 is 12.4 Å². The maximum Gasteiger partial charge on any atom is 0.226 e. The van der Waals surface area contributed by atoms with Gasteiger partial charge in [0.2, 0.25) is 5.91 Å². The molecule has 20 heavy (non-hydrogen) atoms. The Labute approximate surface area is 125 Å². The maximum absolute atomic E-state index is 12.0. The third-order valence-corrected chi connectivity index (χ3v) is 3.79. The Hall–Kier alpha value is -1.26. The molecule has 1 aromatic carbocycles. The maximum atomic E-state index is 12.0. The molecule has 1 atom stereocenters. The Kier molecular flexibility index (Phi) is 5.26. The third-order valence-electron chi connectivity index (χ3n) is 3.79. The Morgan fingerprint density at radius 2 is 2.30 bits per heavy atom. The smallest absolute Gasteiger partial charge is 0.226 e. The zero-order valence-corrected chi connectivity index (χ0v) is 12.3. The summed E-state index contributed by atoms with van der Waals surface area (Å²) in [6, 6.07) is 6.06. The predicted molar refractivity (Wildman–Crippen MR) is 82.7 cm³/mol. The minimum Gasteiger partial charge on any atom is -0.384 e. The van der Waals surface area contributed by atoms with Crippen LogP contribution in [0.1, 0.15) is 31.2 Å². The lowest BCUT2D eigenvalue weighted by molar-refractivity contribution is -0.119. The van der Waals surface area contributed by atoms with E-state index in [1.54, 1.807) is 0 Å². The quantitative estimate of drug-likeness (QED) is 0.901. The average molecular weight is 297 g/mol. The summed E-state index contributed by atoms with van der Waals surface area (Å²) in [6.45, 7) is 1.78. The van der Waals surface area contributed by atoms with Crippen molar-refractivity contribution in [3.05, 3.63) is 23.8 Å². The van der Waals surface area contributed by atoms with E-state index in [9.17, 15) is 4.79 Å². The van der Waals surface area contributed by atoms with E-state index in [2.05, 4.69) is 16.7 Å². The van der Waals surface area contributed by atoms with E-state index in [4.69, 9.17) is 4.74 Å². The van der Waals surface area contributed by atoms with Crippen molar-refractivity contribution in [2.75, 3.05) is 23.8 Å². The van der Waals surface area contributed by atoms with Gasteiger partial charge in [-0.15, -0.1) is 12.4 Å². The van der Waals surface area contributed by atoms with Crippen molar-refractivity contribution in [1.29, 1.82) is 0 Å². The molecule has 1 amide bonds. The molecule has 1 aromatic rings. The van der Waals surface area contributed by atoms with E-state index in [1.165, 1.54) is 17.7 Å². The highest BCUT2D eigenvalue weighted by Crippen LogP contribution is 2.25. The SMILES string of the molecule is Cl.O=C(CC1CCCCO1)Nc1ccc2c(c1)CCN2. The number of rotatable bonds is 3. The predicted octanol–water partition coefficient (Wildman–Crippen LogP) is 2.97. The molecule has 1 unspecified atom stereocenters. The van der Waals surface area contributed by atoms with E-state index in [0.717, 1.165) is 38.1 Å². The van der Waals surface area contributed by atoms with Gasteiger partial charge < -0.3 is 15.4 Å². The molecule has 1 saturated heterocycles. The number of hydrogen-bond acceptors (Lipinski definition) is 3. The van der Waals surface area contributed by atoms with Crippen LogP contribution in [0.2, 0.25) is 0 Å². The highest BCUT2D eigenvalue weighted by molar-refractivity contribution is 5.91. The zero-order chi connectivity index (χ0) is 13.1. The normalized spacial score (nSPS) is 20.5. The molecule has 0 radical (unpaired) electrons. The largest absolute Gasteiger partial charge is 0.384 e. The summed E-state index contributed by atoms with van der Waals surface area (Å²) in [5.41, 5.74) is 3.36. The number of hydrogen-bond donors (Lipinski definition) is 2. The van der Waals surface area contributed by atoms with Gasteiger partial charge >= 0.3 is 0 Å². The number of anilines is 2. The fourth-order valence-electron chi connectivity index (χ4n) is 2.77. The minimum atomic E-state index is 0. The van der Waals surface area contributed by atoms with Crippen molar-refractivity contribution in [2.45, 2.75) is 38.2 Å². The highest BCUT2D eigenvalue weighted by Gasteiger charge is 2.18. The number of fused-ring (bicyclic) bond motifs is 1. The standard InChI is InChI=1S/C15H20N2O2.ClH/c18-15(10-13-3-1-2-8-19-13)17-12-4-5-14-11(9-12)6-7-16-14;/h4-5,9,13,16H,1-3,6-8,10H2,(H,17,18);1H. The molecule has 2 heterocycles. The summed E-state index contributed by atoms with van der Waals surface area (Å²) in [7, 11) is 0. The zero-order valence-electron chi connectivity index (χ0n) is 11.5. The lowest BCUT2D eigenvalue weighted by atomic mass is 10.1. The lowest BCUT2D eigenvalue weighted by Gasteiger charge is -2.22. The summed E-state index contributed by atoms with van der Waals surface area (Å²) in [6.07, 6.45) is 4.89. The molecular weight excluding hydrogens is 276 g/mol. The van der Waals surface area contributed by atoms with Gasteiger partial charge in [-0.1, -0.05) is 0 Å². The molecule has 0 saturated carbocycles. The Bertz CT molecular complexity index is 473. The molecule has 0 spiro atoms. The average Bonchev–Trinajstić information content (AvgIpc) is 2.87. The van der Waals surface area contributed by atoms with Gasteiger partial charge in [0.15, 0.2) is 0 Å². The van der Waals surface area contributed by atoms with E-state index in [-0.39, 0.29) is 24.4 Å². The molecule has 1 fully saturated rings. The second-order valence-corrected chi connectivity index (χ2v) is 5.29. The first-order valence-corrected chi connectivity index (χ1v) is 7.09. The molecule has 4 nitrogen and oxygen atoms in total. The van der Waals surface area contributed by atoms with Crippen molar-refractivity contribution >= 4 is 29.7 Å². The van der Waals surface area contributed by atoms with Crippen LogP contribution in [0.15, 0.2) is 18.2 Å². The third kappa shape index (κ3) is 3.64. The van der Waals surface area contributed by atoms with E-state index in [1.807, 2.05) is 12.1 Å². The van der Waals surface area contributed by atoms with Crippen LogP contribution in [0.3, 0.4) is 0 Å². The molecule has 0 bridgehead atoms. The van der Waals surface area contributed by atoms with Gasteiger partial charge in [0.1, 0.15) is 0 Å². The molecule has 2 aliphatic rings. The number of nitrogens with one attached hydrogen (secondary N) is 2. The number of ether oxygens (including phenoxy) is 1. The van der Waals surface area contributed by atoms with Crippen molar-refractivity contribution in [3.63, 3.8) is 0 Å². The molecule has 5 heteroatoms.